The average Bonchev–Trinajstić information content (AvgIpc) is 2.33. The standard InChI is InChI=1S/C12H15F2N3O/c1-8-6-16-10(7-15-8)11(18)17-9-2-4-12(13,14)5-3-9/h6-7,9H,2-5H2,1H3,(H,17,18). The van der Waals surface area contributed by atoms with Crippen molar-refractivity contribution < 1.29 is 13.6 Å². The number of aryl methyl sites for hydroxylation is 1. The molecule has 0 bridgehead atoms. The Labute approximate surface area is 104 Å². The van der Waals surface area contributed by atoms with Gasteiger partial charge in [-0.2, -0.15) is 0 Å². The summed E-state index contributed by atoms with van der Waals surface area (Å²) >= 11 is 0. The molecule has 1 fully saturated rings. The second kappa shape index (κ2) is 4.96. The summed E-state index contributed by atoms with van der Waals surface area (Å²) in [6, 6.07) is -0.194. The van der Waals surface area contributed by atoms with Gasteiger partial charge in [-0.25, -0.2) is 13.8 Å². The van der Waals surface area contributed by atoms with E-state index in [9.17, 15) is 13.6 Å². The summed E-state index contributed by atoms with van der Waals surface area (Å²) in [5, 5.41) is 2.72. The van der Waals surface area contributed by atoms with E-state index in [0.29, 0.717) is 12.8 Å². The maximum Gasteiger partial charge on any atom is 0.271 e. The van der Waals surface area contributed by atoms with Crippen molar-refractivity contribution in [1.82, 2.24) is 15.3 Å². The maximum atomic E-state index is 12.9. The zero-order valence-electron chi connectivity index (χ0n) is 10.1. The van der Waals surface area contributed by atoms with Crippen molar-refractivity contribution in [2.45, 2.75) is 44.6 Å². The lowest BCUT2D eigenvalue weighted by Crippen LogP contribution is -2.40. The molecule has 0 atom stereocenters. The first-order chi connectivity index (χ1) is 8.46. The Morgan fingerprint density at radius 2 is 2.00 bits per heavy atom. The van der Waals surface area contributed by atoms with Crippen LogP contribution in [0, 0.1) is 6.92 Å². The first-order valence-corrected chi connectivity index (χ1v) is 5.94. The number of halogens is 2. The monoisotopic (exact) mass is 255 g/mol. The van der Waals surface area contributed by atoms with Gasteiger partial charge >= 0.3 is 0 Å². The maximum absolute atomic E-state index is 12.9. The normalized spacial score (nSPS) is 19.5. The highest BCUT2D eigenvalue weighted by molar-refractivity contribution is 5.92. The smallest absolute Gasteiger partial charge is 0.271 e. The molecule has 6 heteroatoms. The highest BCUT2D eigenvalue weighted by Crippen LogP contribution is 2.32. The molecule has 0 aromatic carbocycles. The molecular formula is C12H15F2N3O. The van der Waals surface area contributed by atoms with Crippen molar-refractivity contribution >= 4 is 5.91 Å². The van der Waals surface area contributed by atoms with Crippen molar-refractivity contribution in [3.8, 4) is 0 Å². The third-order valence-corrected chi connectivity index (χ3v) is 3.07. The van der Waals surface area contributed by atoms with Crippen molar-refractivity contribution in [3.05, 3.63) is 23.8 Å². The number of carbonyl (C=O) groups excluding carboxylic acids is 1. The Bertz CT molecular complexity index is 423. The topological polar surface area (TPSA) is 54.9 Å². The van der Waals surface area contributed by atoms with Crippen molar-refractivity contribution in [1.29, 1.82) is 0 Å². The molecule has 0 radical (unpaired) electrons. The van der Waals surface area contributed by atoms with Crippen molar-refractivity contribution in [2.24, 2.45) is 0 Å². The van der Waals surface area contributed by atoms with Gasteiger partial charge in [0.05, 0.1) is 11.9 Å². The van der Waals surface area contributed by atoms with Crippen LogP contribution in [-0.4, -0.2) is 27.8 Å². The van der Waals surface area contributed by atoms with Gasteiger partial charge in [0.15, 0.2) is 0 Å². The fraction of sp³-hybridized carbons (Fsp3) is 0.583. The third-order valence-electron chi connectivity index (χ3n) is 3.07. The van der Waals surface area contributed by atoms with Crippen LogP contribution < -0.4 is 5.32 Å². The number of rotatable bonds is 2. The second-order valence-corrected chi connectivity index (χ2v) is 4.65. The number of nitrogens with one attached hydrogen (secondary N) is 1. The fourth-order valence-electron chi connectivity index (χ4n) is 1.95. The molecule has 1 N–H and O–H groups in total. The number of aromatic nitrogens is 2. The molecule has 1 saturated carbocycles. The molecule has 98 valence electrons. The molecule has 1 heterocycles. The summed E-state index contributed by atoms with van der Waals surface area (Å²) in [5.74, 6) is -2.93. The molecule has 2 rings (SSSR count). The molecule has 4 nitrogen and oxygen atoms in total. The van der Waals surface area contributed by atoms with Gasteiger partial charge in [-0.05, 0) is 19.8 Å². The van der Waals surface area contributed by atoms with Gasteiger partial charge in [0.2, 0.25) is 5.92 Å². The van der Waals surface area contributed by atoms with Crippen LogP contribution in [0.4, 0.5) is 8.78 Å². The van der Waals surface area contributed by atoms with Gasteiger partial charge < -0.3 is 5.32 Å². The summed E-state index contributed by atoms with van der Waals surface area (Å²) in [6.07, 6.45) is 3.16. The number of hydrogen-bond donors (Lipinski definition) is 1. The van der Waals surface area contributed by atoms with Gasteiger partial charge in [0.25, 0.3) is 5.91 Å². The van der Waals surface area contributed by atoms with Crippen LogP contribution in [0.2, 0.25) is 0 Å². The minimum atomic E-state index is -2.58. The number of alkyl halides is 2. The highest BCUT2D eigenvalue weighted by Gasteiger charge is 2.35. The first-order valence-electron chi connectivity index (χ1n) is 5.94. The van der Waals surface area contributed by atoms with Crippen molar-refractivity contribution in [2.75, 3.05) is 0 Å². The predicted octanol–water partition coefficient (Wildman–Crippen LogP) is 2.09. The Hall–Kier alpha value is -1.59. The fourth-order valence-corrected chi connectivity index (χ4v) is 1.95. The number of hydrogen-bond acceptors (Lipinski definition) is 3. The highest BCUT2D eigenvalue weighted by atomic mass is 19.3. The largest absolute Gasteiger partial charge is 0.348 e. The van der Waals surface area contributed by atoms with Crippen LogP contribution in [0.15, 0.2) is 12.4 Å². The van der Waals surface area contributed by atoms with E-state index in [1.54, 1.807) is 6.92 Å². The van der Waals surface area contributed by atoms with Crippen LogP contribution in [0.1, 0.15) is 41.9 Å². The van der Waals surface area contributed by atoms with E-state index in [0.717, 1.165) is 5.69 Å². The molecule has 0 saturated heterocycles. The quantitative estimate of drug-likeness (QED) is 0.880. The number of carbonyl (C=O) groups is 1. The van der Waals surface area contributed by atoms with E-state index in [1.807, 2.05) is 0 Å². The minimum Gasteiger partial charge on any atom is -0.348 e. The van der Waals surface area contributed by atoms with Gasteiger partial charge in [-0.1, -0.05) is 0 Å². The summed E-state index contributed by atoms with van der Waals surface area (Å²) in [7, 11) is 0. The zero-order chi connectivity index (χ0) is 13.2. The lowest BCUT2D eigenvalue weighted by molar-refractivity contribution is -0.0399. The summed E-state index contributed by atoms with van der Waals surface area (Å²) in [4.78, 5) is 19.7. The molecule has 18 heavy (non-hydrogen) atoms. The Morgan fingerprint density at radius 3 is 2.56 bits per heavy atom. The molecule has 0 aliphatic heterocycles. The van der Waals surface area contributed by atoms with Crippen LogP contribution in [0.25, 0.3) is 0 Å². The molecule has 1 aliphatic rings. The molecular weight excluding hydrogens is 240 g/mol. The second-order valence-electron chi connectivity index (χ2n) is 4.65. The molecule has 1 aliphatic carbocycles. The van der Waals surface area contributed by atoms with Gasteiger partial charge in [-0.15, -0.1) is 0 Å². The van der Waals surface area contributed by atoms with E-state index < -0.39 is 5.92 Å². The van der Waals surface area contributed by atoms with E-state index in [4.69, 9.17) is 0 Å². The summed E-state index contributed by atoms with van der Waals surface area (Å²) in [6.45, 7) is 1.78. The zero-order valence-corrected chi connectivity index (χ0v) is 10.1. The average molecular weight is 255 g/mol. The molecule has 1 aromatic rings. The van der Waals surface area contributed by atoms with Gasteiger partial charge in [-0.3, -0.25) is 9.78 Å². The Kier molecular flexibility index (Phi) is 3.54. The predicted molar refractivity (Wildman–Crippen MR) is 61.4 cm³/mol. The Balaban J connectivity index is 1.90. The van der Waals surface area contributed by atoms with Crippen LogP contribution in [0.5, 0.6) is 0 Å². The lowest BCUT2D eigenvalue weighted by Gasteiger charge is -2.28. The molecule has 0 unspecified atom stereocenters. The van der Waals surface area contributed by atoms with E-state index >= 15 is 0 Å². The van der Waals surface area contributed by atoms with Crippen LogP contribution in [0.3, 0.4) is 0 Å². The lowest BCUT2D eigenvalue weighted by atomic mass is 9.92. The summed E-state index contributed by atoms with van der Waals surface area (Å²) in [5.41, 5.74) is 0.946. The molecule has 1 amide bonds. The molecule has 1 aromatic heterocycles. The third kappa shape index (κ3) is 3.21. The van der Waals surface area contributed by atoms with Gasteiger partial charge in [0.1, 0.15) is 5.69 Å². The number of nitrogens with zero attached hydrogens (tertiary/aromatic N) is 2. The molecule has 0 spiro atoms. The van der Waals surface area contributed by atoms with Crippen LogP contribution >= 0.6 is 0 Å². The number of amides is 1. The van der Waals surface area contributed by atoms with E-state index in [1.165, 1.54) is 12.4 Å². The van der Waals surface area contributed by atoms with Gasteiger partial charge in [0, 0.05) is 25.1 Å². The summed E-state index contributed by atoms with van der Waals surface area (Å²) < 4.78 is 25.9. The van der Waals surface area contributed by atoms with E-state index in [2.05, 4.69) is 15.3 Å². The SMILES string of the molecule is Cc1cnc(C(=O)NC2CCC(F)(F)CC2)cn1. The Morgan fingerprint density at radius 1 is 1.33 bits per heavy atom. The van der Waals surface area contributed by atoms with Crippen molar-refractivity contribution in [3.63, 3.8) is 0 Å². The minimum absolute atomic E-state index is 0.169. The van der Waals surface area contributed by atoms with E-state index in [-0.39, 0.29) is 30.5 Å². The first kappa shape index (κ1) is 12.9. The van der Waals surface area contributed by atoms with Crippen LogP contribution in [-0.2, 0) is 0 Å².